The number of likely N-dealkylation sites (tertiary alicyclic amines) is 1. The van der Waals surface area contributed by atoms with Gasteiger partial charge in [0.1, 0.15) is 23.6 Å². The summed E-state index contributed by atoms with van der Waals surface area (Å²) in [5.74, 6) is 1.25. The molecule has 0 N–H and O–H groups in total. The first-order chi connectivity index (χ1) is 18.6. The molecule has 3 atom stereocenters. The minimum absolute atomic E-state index is 0.0262. The first kappa shape index (κ1) is 26.2. The summed E-state index contributed by atoms with van der Waals surface area (Å²) in [6.45, 7) is 6.62. The predicted octanol–water partition coefficient (Wildman–Crippen LogP) is 3.18. The highest BCUT2D eigenvalue weighted by Gasteiger charge is 2.35. The Hall–Kier alpha value is -3.43. The van der Waals surface area contributed by atoms with Gasteiger partial charge in [-0.1, -0.05) is 41.6 Å². The van der Waals surface area contributed by atoms with Crippen LogP contribution in [0.25, 0.3) is 0 Å². The van der Waals surface area contributed by atoms with Crippen LogP contribution >= 0.6 is 0 Å². The zero-order valence-corrected chi connectivity index (χ0v) is 21.9. The van der Waals surface area contributed by atoms with Crippen molar-refractivity contribution in [3.8, 4) is 5.75 Å². The van der Waals surface area contributed by atoms with E-state index in [0.29, 0.717) is 38.1 Å². The van der Waals surface area contributed by atoms with Gasteiger partial charge in [-0.2, -0.15) is 0 Å². The second-order valence-corrected chi connectivity index (χ2v) is 9.93. The number of amides is 1. The quantitative estimate of drug-likeness (QED) is 0.466. The highest BCUT2D eigenvalue weighted by Crippen LogP contribution is 2.24. The minimum Gasteiger partial charge on any atom is -0.484 e. The minimum atomic E-state index is -0.553. The van der Waals surface area contributed by atoms with Crippen molar-refractivity contribution >= 4 is 11.9 Å². The fourth-order valence-corrected chi connectivity index (χ4v) is 5.39. The summed E-state index contributed by atoms with van der Waals surface area (Å²) >= 11 is 0. The van der Waals surface area contributed by atoms with E-state index >= 15 is 0 Å². The lowest BCUT2D eigenvalue weighted by Crippen LogP contribution is -2.53. The maximum atomic E-state index is 12.6. The molecule has 2 fully saturated rings. The van der Waals surface area contributed by atoms with Crippen molar-refractivity contribution in [2.45, 2.75) is 57.5 Å². The Morgan fingerprint density at radius 2 is 1.87 bits per heavy atom. The molecule has 0 bridgehead atoms. The van der Waals surface area contributed by atoms with E-state index in [4.69, 9.17) is 14.0 Å². The molecule has 38 heavy (non-hydrogen) atoms. The van der Waals surface area contributed by atoms with Crippen LogP contribution < -0.4 is 4.74 Å². The Morgan fingerprint density at radius 1 is 1.08 bits per heavy atom. The lowest BCUT2D eigenvalue weighted by molar-refractivity contribution is -0.158. The zero-order chi connectivity index (χ0) is 26.3. The van der Waals surface area contributed by atoms with Gasteiger partial charge >= 0.3 is 5.97 Å². The Kier molecular flexibility index (Phi) is 8.55. The van der Waals surface area contributed by atoms with Gasteiger partial charge in [-0.15, -0.1) is 0 Å². The lowest BCUT2D eigenvalue weighted by Gasteiger charge is -2.40. The van der Waals surface area contributed by atoms with Crippen molar-refractivity contribution in [1.82, 2.24) is 19.9 Å². The third-order valence-corrected chi connectivity index (χ3v) is 7.34. The second-order valence-electron chi connectivity index (χ2n) is 9.93. The molecule has 3 aliphatic rings. The molecule has 1 aromatic heterocycles. The van der Waals surface area contributed by atoms with Crippen LogP contribution in [0.4, 0.5) is 0 Å². The summed E-state index contributed by atoms with van der Waals surface area (Å²) in [6, 6.07) is 11.5. The number of allylic oxidation sites excluding steroid dienone is 2. The van der Waals surface area contributed by atoms with E-state index in [1.165, 1.54) is 0 Å². The number of rotatable bonds is 9. The van der Waals surface area contributed by atoms with E-state index in [2.05, 4.69) is 33.2 Å². The zero-order valence-electron chi connectivity index (χ0n) is 21.9. The van der Waals surface area contributed by atoms with Crippen LogP contribution in [0.15, 0.2) is 65.2 Å². The normalized spacial score (nSPS) is 24.5. The molecule has 2 saturated heterocycles. The largest absolute Gasteiger partial charge is 0.484 e. The number of carbonyl (C=O) groups is 2. The van der Waals surface area contributed by atoms with E-state index < -0.39 is 6.04 Å². The van der Waals surface area contributed by atoms with Gasteiger partial charge in [-0.25, -0.2) is 4.79 Å². The van der Waals surface area contributed by atoms with Gasteiger partial charge in [-0.05, 0) is 38.0 Å². The van der Waals surface area contributed by atoms with E-state index in [1.807, 2.05) is 42.5 Å². The van der Waals surface area contributed by atoms with E-state index in [9.17, 15) is 9.59 Å². The Labute approximate surface area is 223 Å². The van der Waals surface area contributed by atoms with Gasteiger partial charge in [0, 0.05) is 38.7 Å². The van der Waals surface area contributed by atoms with Gasteiger partial charge in [-0.3, -0.25) is 14.6 Å². The van der Waals surface area contributed by atoms with Crippen molar-refractivity contribution in [1.29, 1.82) is 0 Å². The predicted molar refractivity (Wildman–Crippen MR) is 141 cm³/mol. The molecule has 1 aliphatic carbocycles. The van der Waals surface area contributed by atoms with Gasteiger partial charge in [0.05, 0.1) is 25.7 Å². The molecular formula is C29H36N4O5. The standard InChI is InChI=1S/C29H36N4O5/c1-2-36-29(35)26-12-8-14-28(34)33(26)20-22-19-24(38-30-22)21-31-15-17-32(18-16-31)25-11-6-7-13-27(25)37-23-9-4-3-5-10-23/h3-7,9-11,13,19,25-27H,2,8,12,14-18,20-21H2,1H3. The molecule has 1 amide bonds. The molecule has 2 aliphatic heterocycles. The number of benzene rings is 1. The van der Waals surface area contributed by atoms with Crippen molar-refractivity contribution in [3.05, 3.63) is 72.2 Å². The van der Waals surface area contributed by atoms with Crippen LogP contribution in [0.5, 0.6) is 5.75 Å². The summed E-state index contributed by atoms with van der Waals surface area (Å²) in [6.07, 6.45) is 10.2. The average molecular weight is 521 g/mol. The lowest BCUT2D eigenvalue weighted by atomic mass is 10.0. The Balaban J connectivity index is 1.13. The number of para-hydroxylation sites is 1. The highest BCUT2D eigenvalue weighted by atomic mass is 16.5. The van der Waals surface area contributed by atoms with E-state index in [-0.39, 0.29) is 30.6 Å². The fourth-order valence-electron chi connectivity index (χ4n) is 5.39. The summed E-state index contributed by atoms with van der Waals surface area (Å²) in [5.41, 5.74) is 0.656. The maximum absolute atomic E-state index is 12.6. The molecule has 0 spiro atoms. The van der Waals surface area contributed by atoms with Crippen LogP contribution in [0.3, 0.4) is 0 Å². The van der Waals surface area contributed by atoms with Gasteiger partial charge in [0.2, 0.25) is 5.91 Å². The number of hydrogen-bond acceptors (Lipinski definition) is 8. The van der Waals surface area contributed by atoms with Crippen molar-refractivity contribution < 1.29 is 23.6 Å². The number of piperidine rings is 1. The molecule has 9 heteroatoms. The molecule has 2 aromatic rings. The SMILES string of the molecule is CCOC(=O)C1CCCC(=O)N1Cc1cc(CN2CCN(C3C=CC=CC3Oc3ccccc3)CC2)on1. The molecule has 3 unspecified atom stereocenters. The van der Waals surface area contributed by atoms with Crippen LogP contribution in [-0.2, 0) is 27.4 Å². The monoisotopic (exact) mass is 520 g/mol. The summed E-state index contributed by atoms with van der Waals surface area (Å²) in [5, 5.41) is 4.20. The topological polar surface area (TPSA) is 88.4 Å². The van der Waals surface area contributed by atoms with E-state index in [1.54, 1.807) is 11.8 Å². The Morgan fingerprint density at radius 3 is 2.66 bits per heavy atom. The molecule has 3 heterocycles. The molecule has 5 rings (SSSR count). The average Bonchev–Trinajstić information content (AvgIpc) is 3.38. The first-order valence-corrected chi connectivity index (χ1v) is 13.5. The summed E-state index contributed by atoms with van der Waals surface area (Å²) in [7, 11) is 0. The molecule has 202 valence electrons. The third kappa shape index (κ3) is 6.34. The van der Waals surface area contributed by atoms with Gasteiger partial charge < -0.3 is 18.9 Å². The van der Waals surface area contributed by atoms with Crippen LogP contribution in [0.2, 0.25) is 0 Å². The maximum Gasteiger partial charge on any atom is 0.328 e. The van der Waals surface area contributed by atoms with Gasteiger partial charge in [0.15, 0.2) is 5.76 Å². The third-order valence-electron chi connectivity index (χ3n) is 7.34. The van der Waals surface area contributed by atoms with Gasteiger partial charge in [0.25, 0.3) is 0 Å². The van der Waals surface area contributed by atoms with Crippen LogP contribution in [0, 0.1) is 0 Å². The van der Waals surface area contributed by atoms with E-state index in [0.717, 1.165) is 37.7 Å². The smallest absolute Gasteiger partial charge is 0.328 e. The highest BCUT2D eigenvalue weighted by molar-refractivity contribution is 5.85. The molecule has 1 aromatic carbocycles. The van der Waals surface area contributed by atoms with Crippen molar-refractivity contribution in [2.24, 2.45) is 0 Å². The molecule has 0 radical (unpaired) electrons. The van der Waals surface area contributed by atoms with Crippen LogP contribution in [-0.4, -0.2) is 82.7 Å². The first-order valence-electron chi connectivity index (χ1n) is 13.5. The molecular weight excluding hydrogens is 484 g/mol. The number of ether oxygens (including phenoxy) is 2. The number of aromatic nitrogens is 1. The molecule has 9 nitrogen and oxygen atoms in total. The summed E-state index contributed by atoms with van der Waals surface area (Å²) in [4.78, 5) is 31.3. The van der Waals surface area contributed by atoms with Crippen LogP contribution in [0.1, 0.15) is 37.6 Å². The number of nitrogens with zero attached hydrogens (tertiary/aromatic N) is 4. The number of piperazine rings is 1. The number of carbonyl (C=O) groups excluding carboxylic acids is 2. The molecule has 0 saturated carbocycles. The number of esters is 1. The Bertz CT molecular complexity index is 1140. The van der Waals surface area contributed by atoms with Crippen molar-refractivity contribution in [3.63, 3.8) is 0 Å². The van der Waals surface area contributed by atoms with Crippen molar-refractivity contribution in [2.75, 3.05) is 32.8 Å². The summed E-state index contributed by atoms with van der Waals surface area (Å²) < 4.78 is 17.1. The fraction of sp³-hybridized carbons (Fsp3) is 0.483. The second kappa shape index (κ2) is 12.4. The number of hydrogen-bond donors (Lipinski definition) is 0.